The second kappa shape index (κ2) is 9.00. The smallest absolute Gasteiger partial charge is 0.297 e. The van der Waals surface area contributed by atoms with Crippen LogP contribution in [0.1, 0.15) is 46.1 Å². The molecular weight excluding hydrogens is 384 g/mol. The first-order valence-electron chi connectivity index (χ1n) is 6.73. The number of hydrogen-bond acceptors (Lipinski definition) is 8. The summed E-state index contributed by atoms with van der Waals surface area (Å²) >= 11 is 0. The molecule has 2 rings (SSSR count). The molecular formula is C16H16CuO8. The van der Waals surface area contributed by atoms with Gasteiger partial charge in [-0.15, -0.1) is 0 Å². The van der Waals surface area contributed by atoms with Gasteiger partial charge in [0.25, 0.3) is 11.9 Å². The summed E-state index contributed by atoms with van der Waals surface area (Å²) in [7, 11) is 0. The van der Waals surface area contributed by atoms with E-state index >= 15 is 0 Å². The molecule has 2 N–H and O–H groups in total. The van der Waals surface area contributed by atoms with E-state index in [9.17, 15) is 19.2 Å². The molecule has 0 bridgehead atoms. The number of Topliss-reactive ketones (excluding diaryl/α,β-unsaturated/α-hetero) is 2. The molecule has 2 aromatic rings. The maximum atomic E-state index is 11.1. The van der Waals surface area contributed by atoms with Crippen LogP contribution in [0.15, 0.2) is 30.6 Å². The third-order valence-corrected chi connectivity index (χ3v) is 2.81. The van der Waals surface area contributed by atoms with Crippen molar-refractivity contribution >= 4 is 11.6 Å². The number of carbonyl (C=O) groups is 2. The zero-order valence-corrected chi connectivity index (χ0v) is 14.7. The summed E-state index contributed by atoms with van der Waals surface area (Å²) in [5.41, 5.74) is -1.60. The Hall–Kier alpha value is -2.64. The Morgan fingerprint density at radius 1 is 0.800 bits per heavy atom. The minimum atomic E-state index is -0.604. The minimum absolute atomic E-state index is 0. The molecule has 0 aliphatic rings. The molecule has 0 unspecified atom stereocenters. The number of hydrogen-bond donors (Lipinski definition) is 2. The van der Waals surface area contributed by atoms with Crippen LogP contribution in [0.5, 0.6) is 11.9 Å². The summed E-state index contributed by atoms with van der Waals surface area (Å²) in [5.74, 6) is -1.65. The first-order valence-corrected chi connectivity index (χ1v) is 6.73. The monoisotopic (exact) mass is 399 g/mol. The van der Waals surface area contributed by atoms with Gasteiger partial charge in [0, 0.05) is 29.2 Å². The number of carbonyl (C=O) groups excluding carboxylic acids is 2. The maximum absolute atomic E-state index is 11.1. The van der Waals surface area contributed by atoms with Gasteiger partial charge >= 0.3 is 0 Å². The summed E-state index contributed by atoms with van der Waals surface area (Å²) in [5, 5.41) is 18.1. The number of aryl methyl sites for hydroxylation is 2. The fourth-order valence-electron chi connectivity index (χ4n) is 1.84. The van der Waals surface area contributed by atoms with Gasteiger partial charge in [-0.05, 0) is 27.7 Å². The van der Waals surface area contributed by atoms with Crippen LogP contribution in [0.2, 0.25) is 0 Å². The molecule has 0 amide bonds. The Kier molecular flexibility index (Phi) is 8.05. The summed E-state index contributed by atoms with van der Waals surface area (Å²) in [6.45, 7) is 5.43. The fourth-order valence-corrected chi connectivity index (χ4v) is 1.84. The van der Waals surface area contributed by atoms with E-state index in [2.05, 4.69) is 8.83 Å². The third-order valence-electron chi connectivity index (χ3n) is 2.81. The molecule has 2 aromatic heterocycles. The molecule has 0 aromatic carbocycles. The molecule has 2 heterocycles. The zero-order valence-electron chi connectivity index (χ0n) is 13.8. The van der Waals surface area contributed by atoms with Gasteiger partial charge in [0.1, 0.15) is 22.6 Å². The van der Waals surface area contributed by atoms with Gasteiger partial charge in [-0.1, -0.05) is 0 Å². The van der Waals surface area contributed by atoms with Crippen molar-refractivity contribution in [2.45, 2.75) is 27.7 Å². The van der Waals surface area contributed by atoms with Crippen LogP contribution in [-0.2, 0) is 17.1 Å². The van der Waals surface area contributed by atoms with E-state index in [1.165, 1.54) is 27.7 Å². The molecule has 0 saturated carbocycles. The van der Waals surface area contributed by atoms with Crippen LogP contribution in [-0.4, -0.2) is 21.8 Å². The van der Waals surface area contributed by atoms with Crippen LogP contribution in [0, 0.1) is 13.8 Å². The van der Waals surface area contributed by atoms with Crippen molar-refractivity contribution in [2.24, 2.45) is 0 Å². The Morgan fingerprint density at radius 3 is 1.28 bits per heavy atom. The predicted octanol–water partition coefficient (Wildman–Crippen LogP) is 1.71. The third kappa shape index (κ3) is 5.74. The van der Waals surface area contributed by atoms with Crippen molar-refractivity contribution in [3.63, 3.8) is 0 Å². The van der Waals surface area contributed by atoms with Crippen molar-refractivity contribution in [3.05, 3.63) is 55.2 Å². The molecule has 25 heavy (non-hydrogen) atoms. The van der Waals surface area contributed by atoms with Gasteiger partial charge in [0.15, 0.2) is 22.4 Å². The maximum Gasteiger partial charge on any atom is 0.297 e. The van der Waals surface area contributed by atoms with Crippen molar-refractivity contribution in [2.75, 3.05) is 0 Å². The molecule has 0 spiro atoms. The van der Waals surface area contributed by atoms with E-state index in [4.69, 9.17) is 10.2 Å². The predicted molar refractivity (Wildman–Crippen MR) is 82.8 cm³/mol. The van der Waals surface area contributed by atoms with E-state index in [0.29, 0.717) is 0 Å². The fraction of sp³-hybridized carbons (Fsp3) is 0.250. The summed E-state index contributed by atoms with van der Waals surface area (Å²) < 4.78 is 9.37. The Morgan fingerprint density at radius 2 is 1.08 bits per heavy atom. The molecule has 0 fully saturated rings. The molecule has 139 valence electrons. The Balaban J connectivity index is 0.000000443. The molecule has 0 atom stereocenters. The van der Waals surface area contributed by atoms with E-state index in [1.807, 2.05) is 0 Å². The quantitative estimate of drug-likeness (QED) is 0.575. The number of rotatable bonds is 2. The average Bonchev–Trinajstić information content (AvgIpc) is 2.35. The van der Waals surface area contributed by atoms with Gasteiger partial charge in [0.05, 0.1) is 0 Å². The Bertz CT molecular complexity index is 832. The standard InChI is InChI=1S/2C8H8O4.Cu/c2*1-4-3-6(10)7(5(2)9)8(11)12-4;/h2*3,11H,1-2H3;. The van der Waals surface area contributed by atoms with E-state index in [0.717, 1.165) is 12.1 Å². The Labute approximate surface area is 152 Å². The topological polar surface area (TPSA) is 135 Å². The molecule has 9 heteroatoms. The summed E-state index contributed by atoms with van der Waals surface area (Å²) in [4.78, 5) is 43.7. The van der Waals surface area contributed by atoms with Crippen LogP contribution in [0.4, 0.5) is 0 Å². The molecule has 1 radical (unpaired) electrons. The molecule has 0 aliphatic carbocycles. The first kappa shape index (κ1) is 22.4. The van der Waals surface area contributed by atoms with Crippen LogP contribution in [0.3, 0.4) is 0 Å². The summed E-state index contributed by atoms with van der Waals surface area (Å²) in [6, 6.07) is 2.33. The number of aromatic hydroxyl groups is 2. The second-order valence-electron chi connectivity index (χ2n) is 4.92. The van der Waals surface area contributed by atoms with E-state index in [1.54, 1.807) is 0 Å². The average molecular weight is 400 g/mol. The van der Waals surface area contributed by atoms with Gasteiger partial charge in [-0.2, -0.15) is 0 Å². The molecule has 0 aliphatic heterocycles. The van der Waals surface area contributed by atoms with Crippen molar-refractivity contribution in [3.8, 4) is 11.9 Å². The van der Waals surface area contributed by atoms with Gasteiger partial charge < -0.3 is 19.0 Å². The largest absolute Gasteiger partial charge is 0.480 e. The van der Waals surface area contributed by atoms with Crippen LogP contribution >= 0.6 is 0 Å². The van der Waals surface area contributed by atoms with E-state index < -0.39 is 34.3 Å². The normalized spacial score (nSPS) is 9.44. The van der Waals surface area contributed by atoms with Crippen LogP contribution < -0.4 is 10.9 Å². The van der Waals surface area contributed by atoms with Crippen molar-refractivity contribution in [1.82, 2.24) is 0 Å². The SMILES string of the molecule is CC(=O)c1c(O)oc(C)cc1=O.CC(=O)c1c(O)oc(C)cc1=O.[Cu]. The molecule has 8 nitrogen and oxygen atoms in total. The van der Waals surface area contributed by atoms with Gasteiger partial charge in [-0.3, -0.25) is 19.2 Å². The van der Waals surface area contributed by atoms with Gasteiger partial charge in [-0.25, -0.2) is 0 Å². The minimum Gasteiger partial charge on any atom is -0.480 e. The van der Waals surface area contributed by atoms with E-state index in [-0.39, 0.29) is 39.7 Å². The summed E-state index contributed by atoms with van der Waals surface area (Å²) in [6.07, 6.45) is 0. The van der Waals surface area contributed by atoms with Crippen molar-refractivity contribution in [1.29, 1.82) is 0 Å². The number of ketones is 2. The van der Waals surface area contributed by atoms with Crippen molar-refractivity contribution < 1.29 is 45.7 Å². The second-order valence-corrected chi connectivity index (χ2v) is 4.92. The first-order chi connectivity index (χ1) is 11.0. The van der Waals surface area contributed by atoms with Crippen LogP contribution in [0.25, 0.3) is 0 Å². The van der Waals surface area contributed by atoms with Gasteiger partial charge in [0.2, 0.25) is 0 Å². The molecule has 0 saturated heterocycles. The zero-order chi connectivity index (χ0) is 18.6.